The lowest BCUT2D eigenvalue weighted by atomic mass is 10.2. The van der Waals surface area contributed by atoms with Crippen LogP contribution in [-0.2, 0) is 0 Å². The summed E-state index contributed by atoms with van der Waals surface area (Å²) in [5, 5.41) is 12.2. The van der Waals surface area contributed by atoms with Gasteiger partial charge in [-0.3, -0.25) is 4.79 Å². The predicted octanol–water partition coefficient (Wildman–Crippen LogP) is 3.41. The first-order chi connectivity index (χ1) is 8.56. The van der Waals surface area contributed by atoms with Crippen LogP contribution in [0.2, 0.25) is 0 Å². The van der Waals surface area contributed by atoms with Gasteiger partial charge in [-0.25, -0.2) is 4.98 Å². The summed E-state index contributed by atoms with van der Waals surface area (Å²) in [4.78, 5) is 16.0. The third-order valence-electron chi connectivity index (χ3n) is 2.17. The van der Waals surface area contributed by atoms with Crippen molar-refractivity contribution in [2.45, 2.75) is 0 Å². The lowest BCUT2D eigenvalue weighted by Crippen LogP contribution is -2.12. The van der Waals surface area contributed by atoms with Crippen molar-refractivity contribution in [2.24, 2.45) is 0 Å². The van der Waals surface area contributed by atoms with Gasteiger partial charge in [-0.1, -0.05) is 6.07 Å². The Morgan fingerprint density at radius 3 is 2.78 bits per heavy atom. The molecule has 0 spiro atoms. The van der Waals surface area contributed by atoms with Gasteiger partial charge in [0.25, 0.3) is 5.91 Å². The Bertz CT molecular complexity index is 604. The van der Waals surface area contributed by atoms with Gasteiger partial charge in [-0.15, -0.1) is 0 Å². The maximum atomic E-state index is 11.9. The average molecular weight is 419 g/mol. The van der Waals surface area contributed by atoms with Crippen molar-refractivity contribution in [3.63, 3.8) is 0 Å². The predicted molar refractivity (Wildman–Crippen MR) is 80.7 cm³/mol. The van der Waals surface area contributed by atoms with E-state index in [1.807, 2.05) is 22.6 Å². The van der Waals surface area contributed by atoms with Crippen LogP contribution < -0.4 is 5.32 Å². The normalized spacial score (nSPS) is 10.1. The van der Waals surface area contributed by atoms with Gasteiger partial charge in [0.05, 0.1) is 3.57 Å². The number of nitrogens with zero attached hydrogens (tertiary/aromatic N) is 1. The standard InChI is InChI=1S/C12H8BrIN2O2/c13-10-2-1-3-11(15-10)16-12(18)7-4-5-8(14)9(17)6-7/h1-6,17H,(H,15,16,18). The molecule has 0 aliphatic rings. The fraction of sp³-hybridized carbons (Fsp3) is 0. The molecular weight excluding hydrogens is 411 g/mol. The van der Waals surface area contributed by atoms with Crippen LogP contribution in [0.5, 0.6) is 5.75 Å². The second-order valence-corrected chi connectivity index (χ2v) is 5.44. The van der Waals surface area contributed by atoms with E-state index in [1.54, 1.807) is 30.3 Å². The number of rotatable bonds is 2. The van der Waals surface area contributed by atoms with Gasteiger partial charge < -0.3 is 10.4 Å². The van der Waals surface area contributed by atoms with Gasteiger partial charge in [0.2, 0.25) is 0 Å². The number of aromatic hydroxyl groups is 1. The first kappa shape index (κ1) is 13.3. The fourth-order valence-corrected chi connectivity index (χ4v) is 2.00. The molecule has 0 radical (unpaired) electrons. The van der Waals surface area contributed by atoms with Crippen molar-refractivity contribution in [2.75, 3.05) is 5.32 Å². The molecule has 0 unspecified atom stereocenters. The van der Waals surface area contributed by atoms with Crippen LogP contribution in [0, 0.1) is 3.57 Å². The highest BCUT2D eigenvalue weighted by Gasteiger charge is 2.09. The SMILES string of the molecule is O=C(Nc1cccc(Br)n1)c1ccc(I)c(O)c1. The van der Waals surface area contributed by atoms with E-state index in [0.29, 0.717) is 19.6 Å². The number of amides is 1. The van der Waals surface area contributed by atoms with E-state index >= 15 is 0 Å². The van der Waals surface area contributed by atoms with Crippen molar-refractivity contribution in [1.29, 1.82) is 0 Å². The fourth-order valence-electron chi connectivity index (χ4n) is 1.32. The molecule has 2 rings (SSSR count). The largest absolute Gasteiger partial charge is 0.507 e. The number of pyridine rings is 1. The van der Waals surface area contributed by atoms with Crippen LogP contribution in [0.1, 0.15) is 10.4 Å². The van der Waals surface area contributed by atoms with E-state index in [0.717, 1.165) is 0 Å². The Morgan fingerprint density at radius 2 is 2.11 bits per heavy atom. The average Bonchev–Trinajstić information content (AvgIpc) is 2.32. The second-order valence-electron chi connectivity index (χ2n) is 3.47. The topological polar surface area (TPSA) is 62.2 Å². The molecule has 0 atom stereocenters. The van der Waals surface area contributed by atoms with Gasteiger partial charge in [0.15, 0.2) is 0 Å². The van der Waals surface area contributed by atoms with Crippen LogP contribution in [0.3, 0.4) is 0 Å². The van der Waals surface area contributed by atoms with Gasteiger partial charge in [0.1, 0.15) is 16.2 Å². The third kappa shape index (κ3) is 3.20. The smallest absolute Gasteiger partial charge is 0.256 e. The summed E-state index contributed by atoms with van der Waals surface area (Å²) < 4.78 is 1.34. The minimum atomic E-state index is -0.313. The monoisotopic (exact) mass is 418 g/mol. The van der Waals surface area contributed by atoms with E-state index < -0.39 is 0 Å². The van der Waals surface area contributed by atoms with Gasteiger partial charge in [-0.2, -0.15) is 0 Å². The van der Waals surface area contributed by atoms with Crippen LogP contribution in [0.25, 0.3) is 0 Å². The first-order valence-corrected chi connectivity index (χ1v) is 6.86. The van der Waals surface area contributed by atoms with Crippen molar-refractivity contribution < 1.29 is 9.90 Å². The van der Waals surface area contributed by atoms with Crippen molar-refractivity contribution in [3.8, 4) is 5.75 Å². The number of aromatic nitrogens is 1. The van der Waals surface area contributed by atoms with Gasteiger partial charge in [0, 0.05) is 5.56 Å². The van der Waals surface area contributed by atoms with Crippen molar-refractivity contribution in [3.05, 3.63) is 50.1 Å². The molecule has 18 heavy (non-hydrogen) atoms. The number of carbonyl (C=O) groups is 1. The first-order valence-electron chi connectivity index (χ1n) is 4.98. The zero-order valence-electron chi connectivity index (χ0n) is 9.02. The summed E-state index contributed by atoms with van der Waals surface area (Å²) >= 11 is 5.22. The quantitative estimate of drug-likeness (QED) is 0.580. The van der Waals surface area contributed by atoms with Crippen molar-refractivity contribution in [1.82, 2.24) is 4.98 Å². The minimum Gasteiger partial charge on any atom is -0.507 e. The Kier molecular flexibility index (Phi) is 4.18. The minimum absolute atomic E-state index is 0.0884. The zero-order chi connectivity index (χ0) is 13.1. The number of benzene rings is 1. The number of anilines is 1. The number of halogens is 2. The number of carbonyl (C=O) groups excluding carboxylic acids is 1. The maximum absolute atomic E-state index is 11.9. The molecule has 0 aliphatic heterocycles. The Morgan fingerprint density at radius 1 is 1.33 bits per heavy atom. The van der Waals surface area contributed by atoms with Crippen LogP contribution >= 0.6 is 38.5 Å². The summed E-state index contributed by atoms with van der Waals surface area (Å²) in [7, 11) is 0. The highest BCUT2D eigenvalue weighted by molar-refractivity contribution is 14.1. The molecule has 1 amide bonds. The van der Waals surface area contributed by atoms with E-state index in [2.05, 4.69) is 26.2 Å². The molecule has 6 heteroatoms. The van der Waals surface area contributed by atoms with E-state index in [4.69, 9.17) is 0 Å². The summed E-state index contributed by atoms with van der Waals surface area (Å²) in [6.45, 7) is 0. The van der Waals surface area contributed by atoms with Gasteiger partial charge >= 0.3 is 0 Å². The van der Waals surface area contributed by atoms with E-state index in [-0.39, 0.29) is 11.7 Å². The third-order valence-corrected chi connectivity index (χ3v) is 3.52. The number of phenolic OH excluding ortho intramolecular Hbond substituents is 1. The molecule has 0 saturated carbocycles. The lowest BCUT2D eigenvalue weighted by Gasteiger charge is -2.05. The summed E-state index contributed by atoms with van der Waals surface area (Å²) in [5.74, 6) is 0.227. The zero-order valence-corrected chi connectivity index (χ0v) is 12.8. The summed E-state index contributed by atoms with van der Waals surface area (Å²) in [6, 6.07) is 9.99. The molecule has 1 aromatic carbocycles. The Balaban J connectivity index is 2.19. The summed E-state index contributed by atoms with van der Waals surface area (Å²) in [6.07, 6.45) is 0. The molecule has 0 saturated heterocycles. The van der Waals surface area contributed by atoms with Gasteiger partial charge in [-0.05, 0) is 68.9 Å². The van der Waals surface area contributed by atoms with Crippen molar-refractivity contribution >= 4 is 50.2 Å². The lowest BCUT2D eigenvalue weighted by molar-refractivity contribution is 0.102. The molecule has 4 nitrogen and oxygen atoms in total. The van der Waals surface area contributed by atoms with Crippen LogP contribution in [-0.4, -0.2) is 16.0 Å². The molecule has 0 bridgehead atoms. The maximum Gasteiger partial charge on any atom is 0.256 e. The van der Waals surface area contributed by atoms with E-state index in [1.165, 1.54) is 6.07 Å². The number of hydrogen-bond donors (Lipinski definition) is 2. The second kappa shape index (κ2) is 5.66. The molecule has 2 aromatic rings. The molecular formula is C12H8BrIN2O2. The molecule has 1 aromatic heterocycles. The van der Waals surface area contributed by atoms with E-state index in [9.17, 15) is 9.90 Å². The number of hydrogen-bond acceptors (Lipinski definition) is 3. The number of phenols is 1. The van der Waals surface area contributed by atoms with Crippen LogP contribution in [0.4, 0.5) is 5.82 Å². The summed E-state index contributed by atoms with van der Waals surface area (Å²) in [5.41, 5.74) is 0.384. The molecule has 92 valence electrons. The Hall–Kier alpha value is -1.15. The number of nitrogens with one attached hydrogen (secondary N) is 1. The highest BCUT2D eigenvalue weighted by Crippen LogP contribution is 2.21. The highest BCUT2D eigenvalue weighted by atomic mass is 127. The van der Waals surface area contributed by atoms with Crippen LogP contribution in [0.15, 0.2) is 41.0 Å². The molecule has 2 N–H and O–H groups in total. The Labute approximate surface area is 126 Å². The molecule has 0 fully saturated rings. The molecule has 0 aliphatic carbocycles. The molecule has 1 heterocycles.